The van der Waals surface area contributed by atoms with Gasteiger partial charge in [-0.2, -0.15) is 8.78 Å². The Morgan fingerprint density at radius 1 is 0.600 bits per heavy atom. The summed E-state index contributed by atoms with van der Waals surface area (Å²) < 4.78 is 46.0. The van der Waals surface area contributed by atoms with Gasteiger partial charge >= 0.3 is 0 Å². The second-order valence-electron chi connectivity index (χ2n) is 13.8. The fraction of sp³-hybridized carbons (Fsp3) is 0.829. The monoisotopic (exact) mass is 560 g/mol. The first-order valence-corrected chi connectivity index (χ1v) is 16.9. The normalized spacial score (nSPS) is 34.7. The van der Waals surface area contributed by atoms with Crippen LogP contribution in [0.15, 0.2) is 12.1 Å². The average Bonchev–Trinajstić information content (AvgIpc) is 2.99. The van der Waals surface area contributed by atoms with E-state index in [1.807, 2.05) is 0 Å². The Morgan fingerprint density at radius 2 is 1.12 bits per heavy atom. The lowest BCUT2D eigenvalue weighted by Gasteiger charge is -2.45. The first kappa shape index (κ1) is 30.1. The lowest BCUT2D eigenvalue weighted by atomic mass is 9.62. The zero-order valence-corrected chi connectivity index (χ0v) is 25.2. The van der Waals surface area contributed by atoms with Gasteiger partial charge in [0.15, 0.2) is 11.5 Å². The summed E-state index contributed by atoms with van der Waals surface area (Å²) in [7, 11) is 0. The van der Waals surface area contributed by atoms with Crippen LogP contribution in [0.25, 0.3) is 0 Å². The zero-order chi connectivity index (χ0) is 27.9. The summed E-state index contributed by atoms with van der Waals surface area (Å²) in [5.74, 6) is 3.75. The van der Waals surface area contributed by atoms with Crippen molar-refractivity contribution in [2.45, 2.75) is 123 Å². The average molecular weight is 561 g/mol. The van der Waals surface area contributed by atoms with Gasteiger partial charge in [0.1, 0.15) is 0 Å². The van der Waals surface area contributed by atoms with Gasteiger partial charge in [-0.3, -0.25) is 0 Å². The van der Waals surface area contributed by atoms with Gasteiger partial charge in [0.25, 0.3) is 0 Å². The minimum atomic E-state index is -0.955. The van der Waals surface area contributed by atoms with Crippen molar-refractivity contribution in [1.29, 1.82) is 0 Å². The maximum Gasteiger partial charge on any atom is 0.204 e. The summed E-state index contributed by atoms with van der Waals surface area (Å²) in [5, 5.41) is 0. The van der Waals surface area contributed by atoms with Crippen molar-refractivity contribution in [3.05, 3.63) is 23.8 Å². The fourth-order valence-electron chi connectivity index (χ4n) is 8.76. The van der Waals surface area contributed by atoms with Crippen LogP contribution in [-0.2, 0) is 4.74 Å². The van der Waals surface area contributed by atoms with Gasteiger partial charge < -0.3 is 14.2 Å². The van der Waals surface area contributed by atoms with Crippen molar-refractivity contribution in [2.75, 3.05) is 19.8 Å². The van der Waals surface area contributed by atoms with Crippen LogP contribution in [0.3, 0.4) is 0 Å². The molecule has 4 aliphatic carbocycles. The molecule has 3 nitrogen and oxygen atoms in total. The molecule has 226 valence electrons. The lowest BCUT2D eigenvalue weighted by molar-refractivity contribution is -0.0422. The second-order valence-corrected chi connectivity index (χ2v) is 13.8. The first-order chi connectivity index (χ1) is 19.5. The highest BCUT2D eigenvalue weighted by Gasteiger charge is 2.39. The van der Waals surface area contributed by atoms with Crippen LogP contribution in [0.2, 0.25) is 0 Å². The van der Waals surface area contributed by atoms with E-state index in [1.54, 1.807) is 6.92 Å². The molecule has 4 unspecified atom stereocenters. The highest BCUT2D eigenvalue weighted by Crippen LogP contribution is 2.48. The third kappa shape index (κ3) is 7.72. The molecule has 1 aromatic carbocycles. The van der Waals surface area contributed by atoms with Crippen molar-refractivity contribution < 1.29 is 23.0 Å². The molecule has 0 bridgehead atoms. The van der Waals surface area contributed by atoms with Gasteiger partial charge in [-0.15, -0.1) is 0 Å². The SMILES string of the molecule is CCCC1CCC(COC2CCC3CC(C4CCC(COc5ccc(OCC)c(F)c5F)CC4)CCC3C2)CC1. The van der Waals surface area contributed by atoms with Crippen LogP contribution in [0, 0.1) is 53.1 Å². The summed E-state index contributed by atoms with van der Waals surface area (Å²) in [6.07, 6.45) is 21.8. The number of fused-ring (bicyclic) bond motifs is 1. The Kier molecular flexibility index (Phi) is 11.1. The lowest BCUT2D eigenvalue weighted by Crippen LogP contribution is -2.37. The molecular weight excluding hydrogens is 506 g/mol. The van der Waals surface area contributed by atoms with Crippen molar-refractivity contribution >= 4 is 0 Å². The zero-order valence-electron chi connectivity index (χ0n) is 25.2. The molecule has 1 aromatic rings. The van der Waals surface area contributed by atoms with E-state index in [2.05, 4.69) is 6.92 Å². The molecule has 0 N–H and O–H groups in total. The van der Waals surface area contributed by atoms with Gasteiger partial charge in [0.2, 0.25) is 11.6 Å². The summed E-state index contributed by atoms with van der Waals surface area (Å²) in [6.45, 7) is 5.85. The van der Waals surface area contributed by atoms with Gasteiger partial charge in [-0.05, 0) is 138 Å². The predicted molar refractivity (Wildman–Crippen MR) is 157 cm³/mol. The third-order valence-corrected chi connectivity index (χ3v) is 11.2. The van der Waals surface area contributed by atoms with Crippen molar-refractivity contribution in [3.63, 3.8) is 0 Å². The van der Waals surface area contributed by atoms with Gasteiger partial charge in [0.05, 0.1) is 19.3 Å². The van der Waals surface area contributed by atoms with Crippen LogP contribution < -0.4 is 9.47 Å². The molecular formula is C35H54F2O3. The van der Waals surface area contributed by atoms with Gasteiger partial charge in [0, 0.05) is 6.61 Å². The molecule has 5 rings (SSSR count). The predicted octanol–water partition coefficient (Wildman–Crippen LogP) is 9.76. The number of rotatable bonds is 11. The van der Waals surface area contributed by atoms with Crippen LogP contribution >= 0.6 is 0 Å². The molecule has 0 spiro atoms. The Morgan fingerprint density at radius 3 is 1.80 bits per heavy atom. The number of benzene rings is 1. The fourth-order valence-corrected chi connectivity index (χ4v) is 8.76. The number of hydrogen-bond acceptors (Lipinski definition) is 3. The molecule has 4 fully saturated rings. The summed E-state index contributed by atoms with van der Waals surface area (Å²) in [5.41, 5.74) is 0. The molecule has 0 aromatic heterocycles. The molecule has 0 aliphatic heterocycles. The standard InChI is InChI=1S/C35H54F2O3/c1-3-5-24-6-8-25(9-7-24)22-39-31-17-16-29-20-28(14-15-30(29)21-31)27-12-10-26(11-13-27)23-40-33-19-18-32(38-4-2)34(36)35(33)37/h18-19,24-31H,3-17,20-23H2,1-2H3. The molecule has 4 aliphatic rings. The maximum absolute atomic E-state index is 14.4. The van der Waals surface area contributed by atoms with E-state index in [-0.39, 0.29) is 11.5 Å². The molecule has 0 saturated heterocycles. The number of hydrogen-bond donors (Lipinski definition) is 0. The smallest absolute Gasteiger partial charge is 0.204 e. The van der Waals surface area contributed by atoms with Crippen LogP contribution in [0.4, 0.5) is 8.78 Å². The summed E-state index contributed by atoms with van der Waals surface area (Å²) in [6, 6.07) is 2.95. The molecule has 40 heavy (non-hydrogen) atoms. The van der Waals surface area contributed by atoms with Crippen molar-refractivity contribution in [3.8, 4) is 11.5 Å². The van der Waals surface area contributed by atoms with E-state index in [9.17, 15) is 8.78 Å². The highest BCUT2D eigenvalue weighted by molar-refractivity contribution is 5.35. The quantitative estimate of drug-likeness (QED) is 0.270. The van der Waals surface area contributed by atoms with Crippen molar-refractivity contribution in [2.24, 2.45) is 41.4 Å². The van der Waals surface area contributed by atoms with E-state index >= 15 is 0 Å². The van der Waals surface area contributed by atoms with Crippen molar-refractivity contribution in [1.82, 2.24) is 0 Å². The minimum absolute atomic E-state index is 0.000310. The maximum atomic E-state index is 14.4. The Hall–Kier alpha value is -1.36. The molecule has 0 radical (unpaired) electrons. The number of ether oxygens (including phenoxy) is 3. The number of halogens is 2. The van der Waals surface area contributed by atoms with Crippen LogP contribution in [-0.4, -0.2) is 25.9 Å². The summed E-state index contributed by atoms with van der Waals surface area (Å²) in [4.78, 5) is 0. The molecule has 4 saturated carbocycles. The van der Waals surface area contributed by atoms with E-state index < -0.39 is 11.6 Å². The molecule has 0 amide bonds. The topological polar surface area (TPSA) is 27.7 Å². The Labute approximate surface area is 242 Å². The van der Waals surface area contributed by atoms with Crippen LogP contribution in [0.1, 0.15) is 117 Å². The first-order valence-electron chi connectivity index (χ1n) is 16.9. The minimum Gasteiger partial charge on any atom is -0.491 e. The van der Waals surface area contributed by atoms with E-state index in [0.717, 1.165) is 55.0 Å². The van der Waals surface area contributed by atoms with E-state index in [1.165, 1.54) is 102 Å². The summed E-state index contributed by atoms with van der Waals surface area (Å²) >= 11 is 0. The third-order valence-electron chi connectivity index (χ3n) is 11.2. The molecule has 4 atom stereocenters. The van der Waals surface area contributed by atoms with Gasteiger partial charge in [-0.25, -0.2) is 0 Å². The molecule has 0 heterocycles. The van der Waals surface area contributed by atoms with E-state index in [0.29, 0.717) is 25.2 Å². The van der Waals surface area contributed by atoms with Gasteiger partial charge in [-0.1, -0.05) is 32.6 Å². The second kappa shape index (κ2) is 14.7. The van der Waals surface area contributed by atoms with Crippen LogP contribution in [0.5, 0.6) is 11.5 Å². The highest BCUT2D eigenvalue weighted by atomic mass is 19.2. The van der Waals surface area contributed by atoms with E-state index in [4.69, 9.17) is 14.2 Å². The molecule has 5 heteroatoms. The largest absolute Gasteiger partial charge is 0.491 e. The Balaban J connectivity index is 0.989. The Bertz CT molecular complexity index is 906.